The van der Waals surface area contributed by atoms with E-state index in [0.29, 0.717) is 6.54 Å². The zero-order valence-corrected chi connectivity index (χ0v) is 15.8. The molecule has 1 atom stereocenters. The second-order valence-corrected chi connectivity index (χ2v) is 7.89. The molecule has 2 aromatic rings. The van der Waals surface area contributed by atoms with Crippen LogP contribution in [0.3, 0.4) is 0 Å². The summed E-state index contributed by atoms with van der Waals surface area (Å²) in [5.74, 6) is 1.86. The Kier molecular flexibility index (Phi) is 3.90. The summed E-state index contributed by atoms with van der Waals surface area (Å²) in [6, 6.07) is 8.34. The number of rotatable bonds is 5. The Morgan fingerprint density at radius 1 is 1.19 bits per heavy atom. The maximum atomic E-state index is 6.14. The number of aromatic nitrogens is 2. The first-order chi connectivity index (χ1) is 13.1. The normalized spacial score (nSPS) is 22.5. The molecule has 0 amide bonds. The topological polar surface area (TPSA) is 59.8 Å². The second kappa shape index (κ2) is 6.30. The summed E-state index contributed by atoms with van der Waals surface area (Å²) < 4.78 is 11.6. The minimum absolute atomic E-state index is 0.0138. The Labute approximate surface area is 159 Å². The van der Waals surface area contributed by atoms with Gasteiger partial charge in [-0.1, -0.05) is 6.07 Å². The third-order valence-corrected chi connectivity index (χ3v) is 5.76. The summed E-state index contributed by atoms with van der Waals surface area (Å²) >= 11 is 0. The van der Waals surface area contributed by atoms with Crippen molar-refractivity contribution in [1.29, 1.82) is 0 Å². The number of benzene rings is 1. The first-order valence-electron chi connectivity index (χ1n) is 9.60. The van der Waals surface area contributed by atoms with Crippen molar-refractivity contribution in [3.8, 4) is 5.75 Å². The molecule has 0 radical (unpaired) electrons. The molecular weight excluding hydrogens is 340 g/mol. The molecule has 0 spiro atoms. The lowest BCUT2D eigenvalue weighted by atomic mass is 10.0. The van der Waals surface area contributed by atoms with Gasteiger partial charge < -0.3 is 14.4 Å². The average molecular weight is 364 g/mol. The number of nitrogens with zero attached hydrogens (tertiary/aromatic N) is 4. The maximum Gasteiger partial charge on any atom is 0.132 e. The van der Waals surface area contributed by atoms with E-state index in [-0.39, 0.29) is 11.7 Å². The van der Waals surface area contributed by atoms with Crippen LogP contribution in [-0.2, 0) is 11.3 Å². The highest BCUT2D eigenvalue weighted by Crippen LogP contribution is 2.40. The number of hydrogen-bond donors (Lipinski definition) is 0. The second-order valence-electron chi connectivity index (χ2n) is 7.89. The van der Waals surface area contributed by atoms with Gasteiger partial charge in [-0.25, -0.2) is 9.97 Å². The quantitative estimate of drug-likeness (QED) is 0.816. The van der Waals surface area contributed by atoms with Crippen LogP contribution in [0.25, 0.3) is 0 Å². The Balaban J connectivity index is 1.42. The highest BCUT2D eigenvalue weighted by atomic mass is 16.5. The van der Waals surface area contributed by atoms with E-state index in [1.165, 1.54) is 5.56 Å². The molecule has 3 aliphatic rings. The Bertz CT molecular complexity index is 907. The van der Waals surface area contributed by atoms with Crippen LogP contribution in [0.1, 0.15) is 43.0 Å². The van der Waals surface area contributed by atoms with Crippen LogP contribution in [0.5, 0.6) is 5.75 Å². The van der Waals surface area contributed by atoms with Gasteiger partial charge in [-0.05, 0) is 43.9 Å². The lowest BCUT2D eigenvalue weighted by molar-refractivity contribution is 0.121. The summed E-state index contributed by atoms with van der Waals surface area (Å²) in [6.07, 6.45) is 5.18. The van der Waals surface area contributed by atoms with Crippen molar-refractivity contribution < 1.29 is 9.47 Å². The van der Waals surface area contributed by atoms with E-state index in [1.807, 2.05) is 6.07 Å². The van der Waals surface area contributed by atoms with Gasteiger partial charge >= 0.3 is 0 Å². The largest absolute Gasteiger partial charge is 0.488 e. The van der Waals surface area contributed by atoms with Crippen LogP contribution in [0.4, 0.5) is 5.82 Å². The molecule has 140 valence electrons. The number of fused-ring (bicyclic) bond motifs is 1. The van der Waals surface area contributed by atoms with Crippen molar-refractivity contribution in [2.75, 3.05) is 25.1 Å². The minimum atomic E-state index is 0.0138. The molecule has 2 fully saturated rings. The van der Waals surface area contributed by atoms with E-state index < -0.39 is 0 Å². The van der Waals surface area contributed by atoms with E-state index >= 15 is 0 Å². The van der Waals surface area contributed by atoms with Crippen LogP contribution in [0, 0.1) is 0 Å². The molecule has 0 N–H and O–H groups in total. The molecule has 3 heterocycles. The first kappa shape index (κ1) is 16.7. The molecule has 2 aliphatic heterocycles. The van der Waals surface area contributed by atoms with Crippen LogP contribution >= 0.6 is 0 Å². The highest BCUT2D eigenvalue weighted by molar-refractivity contribution is 6.14. The molecule has 1 aliphatic carbocycles. The van der Waals surface area contributed by atoms with Crippen molar-refractivity contribution in [3.63, 3.8) is 0 Å². The molecule has 6 heteroatoms. The van der Waals surface area contributed by atoms with Crippen LogP contribution in [-0.4, -0.2) is 47.6 Å². The van der Waals surface area contributed by atoms with Crippen molar-refractivity contribution in [2.24, 2.45) is 4.99 Å². The zero-order valence-electron chi connectivity index (χ0n) is 15.8. The van der Waals surface area contributed by atoms with Crippen molar-refractivity contribution in [1.82, 2.24) is 9.97 Å². The fourth-order valence-electron chi connectivity index (χ4n) is 3.79. The lowest BCUT2D eigenvalue weighted by Gasteiger charge is -2.17. The molecule has 27 heavy (non-hydrogen) atoms. The summed E-state index contributed by atoms with van der Waals surface area (Å²) in [5.41, 5.74) is 4.16. The summed E-state index contributed by atoms with van der Waals surface area (Å²) in [4.78, 5) is 16.0. The molecule has 1 saturated carbocycles. The lowest BCUT2D eigenvalue weighted by Crippen LogP contribution is -2.23. The Hall–Kier alpha value is -2.47. The molecule has 0 unspecified atom stereocenters. The van der Waals surface area contributed by atoms with Crippen LogP contribution < -0.4 is 9.64 Å². The van der Waals surface area contributed by atoms with Gasteiger partial charge in [0.25, 0.3) is 0 Å². The Morgan fingerprint density at radius 2 is 2.07 bits per heavy atom. The zero-order chi connectivity index (χ0) is 18.4. The fraction of sp³-hybridized carbons (Fsp3) is 0.476. The predicted molar refractivity (Wildman–Crippen MR) is 104 cm³/mol. The van der Waals surface area contributed by atoms with E-state index in [2.05, 4.69) is 40.0 Å². The highest BCUT2D eigenvalue weighted by Gasteiger charge is 2.40. The third kappa shape index (κ3) is 3.18. The van der Waals surface area contributed by atoms with Gasteiger partial charge in [0.15, 0.2) is 0 Å². The molecule has 1 aromatic carbocycles. The van der Waals surface area contributed by atoms with E-state index in [1.54, 1.807) is 13.4 Å². The average Bonchev–Trinajstić information content (AvgIpc) is 3.11. The fourth-order valence-corrected chi connectivity index (χ4v) is 3.79. The van der Waals surface area contributed by atoms with E-state index in [9.17, 15) is 0 Å². The smallest absolute Gasteiger partial charge is 0.132 e. The summed E-state index contributed by atoms with van der Waals surface area (Å²) in [7, 11) is 1.77. The van der Waals surface area contributed by atoms with E-state index in [4.69, 9.17) is 14.5 Å². The third-order valence-electron chi connectivity index (χ3n) is 5.76. The van der Waals surface area contributed by atoms with Gasteiger partial charge in [0.05, 0.1) is 24.1 Å². The predicted octanol–water partition coefficient (Wildman–Crippen LogP) is 2.98. The van der Waals surface area contributed by atoms with Crippen molar-refractivity contribution in [2.45, 2.75) is 44.4 Å². The molecule has 1 saturated heterocycles. The van der Waals surface area contributed by atoms with Gasteiger partial charge in [0.1, 0.15) is 23.5 Å². The van der Waals surface area contributed by atoms with Gasteiger partial charge in [0, 0.05) is 31.8 Å². The number of ether oxygens (including phenoxy) is 2. The molecular formula is C21H24N4O2. The molecule has 1 aromatic heterocycles. The number of anilines is 1. The maximum absolute atomic E-state index is 6.14. The monoisotopic (exact) mass is 364 g/mol. The first-order valence-corrected chi connectivity index (χ1v) is 9.60. The minimum Gasteiger partial charge on any atom is -0.488 e. The standard InChI is InChI=1S/C21H24N4O2/c1-21(6-7-21)27-15-4-3-14-11-22-20(17(14)9-15)18-10-19(24-13-23-18)25-8-5-16(12-25)26-2/h3-4,9-10,13,16H,5-8,11-12H2,1-2H3/t16-/m0/s1. The van der Waals surface area contributed by atoms with Crippen LogP contribution in [0.2, 0.25) is 0 Å². The molecule has 0 bridgehead atoms. The molecule has 5 rings (SSSR count). The van der Waals surface area contributed by atoms with E-state index in [0.717, 1.165) is 60.9 Å². The van der Waals surface area contributed by atoms with Gasteiger partial charge in [0.2, 0.25) is 0 Å². The SMILES string of the molecule is CO[C@H]1CCN(c2cc(C3=NCc4ccc(OC5(C)CC5)cc43)ncn2)C1. The van der Waals surface area contributed by atoms with Crippen molar-refractivity contribution >= 4 is 11.5 Å². The van der Waals surface area contributed by atoms with Gasteiger partial charge in [-0.15, -0.1) is 0 Å². The Morgan fingerprint density at radius 3 is 2.85 bits per heavy atom. The van der Waals surface area contributed by atoms with Gasteiger partial charge in [-0.3, -0.25) is 4.99 Å². The molecule has 6 nitrogen and oxygen atoms in total. The summed E-state index contributed by atoms with van der Waals surface area (Å²) in [5, 5.41) is 0. The summed E-state index contributed by atoms with van der Waals surface area (Å²) in [6.45, 7) is 4.67. The van der Waals surface area contributed by atoms with Crippen molar-refractivity contribution in [3.05, 3.63) is 47.4 Å². The number of hydrogen-bond acceptors (Lipinski definition) is 6. The number of aliphatic imine (C=N–C) groups is 1. The van der Waals surface area contributed by atoms with Gasteiger partial charge in [-0.2, -0.15) is 0 Å². The number of methoxy groups -OCH3 is 1. The van der Waals surface area contributed by atoms with Crippen LogP contribution in [0.15, 0.2) is 35.6 Å².